The summed E-state index contributed by atoms with van der Waals surface area (Å²) in [4.78, 5) is 38.1. The topological polar surface area (TPSA) is 78.9 Å². The molecule has 0 saturated heterocycles. The Labute approximate surface area is 475 Å². The van der Waals surface area contributed by atoms with Crippen molar-refractivity contribution >= 4 is 17.9 Å². The highest BCUT2D eigenvalue weighted by atomic mass is 16.6. The van der Waals surface area contributed by atoms with Gasteiger partial charge in [-0.3, -0.25) is 14.4 Å². The van der Waals surface area contributed by atoms with E-state index in [9.17, 15) is 14.4 Å². The Hall–Kier alpha value is -1.85. The number of esters is 3. The van der Waals surface area contributed by atoms with Crippen molar-refractivity contribution < 1.29 is 28.6 Å². The molecule has 0 aliphatic rings. The minimum atomic E-state index is -0.768. The maximum atomic E-state index is 12.8. The highest BCUT2D eigenvalue weighted by Gasteiger charge is 2.19. The quantitative estimate of drug-likeness (QED) is 0.0261. The van der Waals surface area contributed by atoms with Gasteiger partial charge >= 0.3 is 17.9 Å². The molecule has 0 bridgehead atoms. The number of hydrogen-bond donors (Lipinski definition) is 0. The molecule has 76 heavy (non-hydrogen) atoms. The summed E-state index contributed by atoms with van der Waals surface area (Å²) in [5.41, 5.74) is 0. The van der Waals surface area contributed by atoms with Crippen molar-refractivity contribution in [3.63, 3.8) is 0 Å². The van der Waals surface area contributed by atoms with Crippen molar-refractivity contribution in [1.82, 2.24) is 0 Å². The van der Waals surface area contributed by atoms with Crippen molar-refractivity contribution in [2.45, 2.75) is 406 Å². The smallest absolute Gasteiger partial charge is 0.306 e. The Morgan fingerprint density at radius 3 is 0.658 bits per heavy atom. The zero-order chi connectivity index (χ0) is 55.0. The lowest BCUT2D eigenvalue weighted by atomic mass is 10.0. The highest BCUT2D eigenvalue weighted by molar-refractivity contribution is 5.71. The van der Waals surface area contributed by atoms with Crippen molar-refractivity contribution in [2.75, 3.05) is 13.2 Å². The number of rotatable bonds is 65. The predicted octanol–water partition coefficient (Wildman–Crippen LogP) is 23.6. The molecule has 1 unspecified atom stereocenters. The summed E-state index contributed by atoms with van der Waals surface area (Å²) in [5, 5.41) is 0. The molecule has 0 amide bonds. The van der Waals surface area contributed by atoms with Crippen molar-refractivity contribution in [1.29, 1.82) is 0 Å². The summed E-state index contributed by atoms with van der Waals surface area (Å²) in [7, 11) is 0. The third kappa shape index (κ3) is 63.0. The lowest BCUT2D eigenvalue weighted by Gasteiger charge is -2.18. The molecule has 0 spiro atoms. The van der Waals surface area contributed by atoms with Crippen LogP contribution in [0.3, 0.4) is 0 Å². The van der Waals surface area contributed by atoms with Gasteiger partial charge in [-0.1, -0.05) is 348 Å². The van der Waals surface area contributed by atoms with Crippen molar-refractivity contribution in [3.05, 3.63) is 12.2 Å². The molecule has 6 nitrogen and oxygen atoms in total. The molecule has 6 heteroatoms. The molecule has 0 aliphatic heterocycles. The molecule has 0 rings (SSSR count). The molecular weight excluding hydrogens is 937 g/mol. The van der Waals surface area contributed by atoms with Crippen LogP contribution in [0.2, 0.25) is 0 Å². The number of carbonyl (C=O) groups excluding carboxylic acids is 3. The van der Waals surface area contributed by atoms with E-state index in [1.54, 1.807) is 0 Å². The summed E-state index contributed by atoms with van der Waals surface area (Å²) < 4.78 is 16.9. The van der Waals surface area contributed by atoms with Crippen LogP contribution in [0.15, 0.2) is 12.2 Å². The molecule has 0 aromatic heterocycles. The molecule has 0 saturated carbocycles. The molecule has 1 atom stereocenters. The lowest BCUT2D eigenvalue weighted by molar-refractivity contribution is -0.167. The normalized spacial score (nSPS) is 12.0. The van der Waals surface area contributed by atoms with E-state index in [2.05, 4.69) is 32.9 Å². The second-order valence-electron chi connectivity index (χ2n) is 23.8. The van der Waals surface area contributed by atoms with Crippen LogP contribution in [0.1, 0.15) is 400 Å². The zero-order valence-corrected chi connectivity index (χ0v) is 51.8. The van der Waals surface area contributed by atoms with E-state index >= 15 is 0 Å². The van der Waals surface area contributed by atoms with Gasteiger partial charge in [0.05, 0.1) is 0 Å². The second-order valence-corrected chi connectivity index (χ2v) is 23.8. The van der Waals surface area contributed by atoms with E-state index in [4.69, 9.17) is 14.2 Å². The molecule has 0 fully saturated rings. The standard InChI is InChI=1S/C70H134O6/c1-4-7-10-13-16-19-21-23-25-26-27-28-29-30-31-32-33-34-35-36-37-38-39-40-41-42-43-44-46-47-49-51-54-57-60-63-69(72)75-66-67(65-74-68(71)62-59-56-53-18-15-12-9-6-3)76-70(73)64-61-58-55-52-50-48-45-24-22-20-17-14-11-8-5-2/h24,45,67H,4-23,25-44,46-66H2,1-3H3/b45-24-. The first kappa shape index (κ1) is 74.2. The summed E-state index contributed by atoms with van der Waals surface area (Å²) in [5.74, 6) is -0.855. The van der Waals surface area contributed by atoms with Crippen LogP contribution in [0, 0.1) is 0 Å². The Kier molecular flexibility index (Phi) is 64.1. The molecule has 0 heterocycles. The monoisotopic (exact) mass is 1070 g/mol. The number of allylic oxidation sites excluding steroid dienone is 2. The Morgan fingerprint density at radius 1 is 0.250 bits per heavy atom. The van der Waals surface area contributed by atoms with E-state index in [1.165, 1.54) is 295 Å². The number of ether oxygens (including phenoxy) is 3. The van der Waals surface area contributed by atoms with Crippen molar-refractivity contribution in [3.8, 4) is 0 Å². The van der Waals surface area contributed by atoms with Gasteiger partial charge in [-0.2, -0.15) is 0 Å². The van der Waals surface area contributed by atoms with E-state index in [0.717, 1.165) is 64.2 Å². The first-order chi connectivity index (χ1) is 37.5. The maximum Gasteiger partial charge on any atom is 0.306 e. The second kappa shape index (κ2) is 65.7. The summed E-state index contributed by atoms with van der Waals surface area (Å²) in [6, 6.07) is 0. The largest absolute Gasteiger partial charge is 0.462 e. The minimum absolute atomic E-state index is 0.0678. The third-order valence-corrected chi connectivity index (χ3v) is 16.0. The zero-order valence-electron chi connectivity index (χ0n) is 51.8. The van der Waals surface area contributed by atoms with Gasteiger partial charge in [-0.25, -0.2) is 0 Å². The highest BCUT2D eigenvalue weighted by Crippen LogP contribution is 2.19. The third-order valence-electron chi connectivity index (χ3n) is 16.0. The van der Waals surface area contributed by atoms with Crippen molar-refractivity contribution in [2.24, 2.45) is 0 Å². The van der Waals surface area contributed by atoms with E-state index < -0.39 is 6.10 Å². The van der Waals surface area contributed by atoms with Crippen LogP contribution in [-0.2, 0) is 28.6 Å². The Balaban J connectivity index is 3.91. The number of hydrogen-bond acceptors (Lipinski definition) is 6. The van der Waals surface area contributed by atoms with Gasteiger partial charge in [0.1, 0.15) is 13.2 Å². The number of unbranched alkanes of at least 4 members (excludes halogenated alkanes) is 52. The maximum absolute atomic E-state index is 12.8. The van der Waals surface area contributed by atoms with E-state index in [0.29, 0.717) is 19.3 Å². The van der Waals surface area contributed by atoms with Gasteiger partial charge in [-0.15, -0.1) is 0 Å². The van der Waals surface area contributed by atoms with Gasteiger partial charge < -0.3 is 14.2 Å². The fraction of sp³-hybridized carbons (Fsp3) is 0.929. The minimum Gasteiger partial charge on any atom is -0.462 e. The summed E-state index contributed by atoms with van der Waals surface area (Å²) in [6.07, 6.45) is 78.6. The number of carbonyl (C=O) groups is 3. The van der Waals surface area contributed by atoms with Crippen LogP contribution < -0.4 is 0 Å². The molecule has 0 aromatic rings. The lowest BCUT2D eigenvalue weighted by Crippen LogP contribution is -2.30. The van der Waals surface area contributed by atoms with Gasteiger partial charge in [0.2, 0.25) is 0 Å². The molecular formula is C70H134O6. The van der Waals surface area contributed by atoms with Crippen LogP contribution in [0.5, 0.6) is 0 Å². The average Bonchev–Trinajstić information content (AvgIpc) is 3.42. The van der Waals surface area contributed by atoms with Gasteiger partial charge in [-0.05, 0) is 44.9 Å². The Bertz CT molecular complexity index is 1180. The molecule has 0 radical (unpaired) electrons. The Morgan fingerprint density at radius 2 is 0.434 bits per heavy atom. The van der Waals surface area contributed by atoms with Gasteiger partial charge in [0, 0.05) is 19.3 Å². The SMILES string of the molecule is CCCCCCCC/C=C\CCCCCCCC(=O)OC(COC(=O)CCCCCCCCCC)COC(=O)CCCCCCCCCCCCCCCCCCCCCCCCCCCCCCCCCCCCC. The molecule has 0 aromatic carbocycles. The van der Waals surface area contributed by atoms with Crippen LogP contribution in [0.25, 0.3) is 0 Å². The van der Waals surface area contributed by atoms with Crippen LogP contribution in [0.4, 0.5) is 0 Å². The van der Waals surface area contributed by atoms with Gasteiger partial charge in [0.15, 0.2) is 6.10 Å². The summed E-state index contributed by atoms with van der Waals surface area (Å²) >= 11 is 0. The van der Waals surface area contributed by atoms with E-state index in [1.807, 2.05) is 0 Å². The molecule has 450 valence electrons. The van der Waals surface area contributed by atoms with Gasteiger partial charge in [0.25, 0.3) is 0 Å². The molecule has 0 aliphatic carbocycles. The first-order valence-corrected chi connectivity index (χ1v) is 34.7. The average molecular weight is 1070 g/mol. The van der Waals surface area contributed by atoms with E-state index in [-0.39, 0.29) is 31.1 Å². The molecule has 0 N–H and O–H groups in total. The van der Waals surface area contributed by atoms with Crippen LogP contribution >= 0.6 is 0 Å². The first-order valence-electron chi connectivity index (χ1n) is 34.7. The summed E-state index contributed by atoms with van der Waals surface area (Å²) in [6.45, 7) is 6.66. The fourth-order valence-electron chi connectivity index (χ4n) is 10.8. The predicted molar refractivity (Wildman–Crippen MR) is 330 cm³/mol. The van der Waals surface area contributed by atoms with Crippen LogP contribution in [-0.4, -0.2) is 37.2 Å². The fourth-order valence-corrected chi connectivity index (χ4v) is 10.8.